The van der Waals surface area contributed by atoms with Crippen LogP contribution >= 0.6 is 0 Å². The van der Waals surface area contributed by atoms with Crippen molar-refractivity contribution >= 4 is 5.69 Å². The van der Waals surface area contributed by atoms with E-state index in [1.165, 1.54) is 19.2 Å². The van der Waals surface area contributed by atoms with Crippen LogP contribution in [0.15, 0.2) is 12.1 Å². The molecule has 0 bridgehead atoms. The number of nitrogens with two attached hydrogens (primary N) is 1. The maximum absolute atomic E-state index is 11.1. The molecule has 1 aromatic rings. The third-order valence-electron chi connectivity index (χ3n) is 3.73. The lowest BCUT2D eigenvalue weighted by Crippen LogP contribution is -2.34. The van der Waals surface area contributed by atoms with Gasteiger partial charge < -0.3 is 20.3 Å². The molecule has 1 saturated carbocycles. The minimum atomic E-state index is -0.559. The van der Waals surface area contributed by atoms with E-state index in [1.54, 1.807) is 0 Å². The topological polar surface area (TPSA) is 108 Å². The molecule has 0 amide bonds. The summed E-state index contributed by atoms with van der Waals surface area (Å²) in [5.74, 6) is 0.658. The second kappa shape index (κ2) is 6.73. The van der Waals surface area contributed by atoms with Gasteiger partial charge in [0.15, 0.2) is 11.5 Å². The van der Waals surface area contributed by atoms with Crippen molar-refractivity contribution in [1.82, 2.24) is 0 Å². The first-order valence-electron chi connectivity index (χ1n) is 6.97. The zero-order valence-corrected chi connectivity index (χ0v) is 11.9. The molecule has 21 heavy (non-hydrogen) atoms. The average molecular weight is 296 g/mol. The Kier molecular flexibility index (Phi) is 4.98. The van der Waals surface area contributed by atoms with Gasteiger partial charge in [-0.15, -0.1) is 0 Å². The minimum absolute atomic E-state index is 0.0407. The Balaban J connectivity index is 2.32. The molecule has 2 rings (SSSR count). The number of aliphatic hydroxyl groups is 1. The molecule has 7 nitrogen and oxygen atoms in total. The maximum atomic E-state index is 11.1. The van der Waals surface area contributed by atoms with E-state index in [1.807, 2.05) is 0 Å². The number of hydrogen-bond acceptors (Lipinski definition) is 6. The molecule has 0 spiro atoms. The van der Waals surface area contributed by atoms with Crippen LogP contribution in [0.1, 0.15) is 31.2 Å². The van der Waals surface area contributed by atoms with Crippen LogP contribution in [0.25, 0.3) is 0 Å². The second-order valence-electron chi connectivity index (χ2n) is 5.10. The van der Waals surface area contributed by atoms with E-state index < -0.39 is 11.0 Å². The average Bonchev–Trinajstić information content (AvgIpc) is 2.49. The van der Waals surface area contributed by atoms with Gasteiger partial charge in [-0.2, -0.15) is 0 Å². The molecule has 1 aliphatic carbocycles. The highest BCUT2D eigenvalue weighted by Gasteiger charge is 2.27. The van der Waals surface area contributed by atoms with Crippen molar-refractivity contribution in [3.05, 3.63) is 27.8 Å². The Morgan fingerprint density at radius 1 is 1.38 bits per heavy atom. The van der Waals surface area contributed by atoms with Gasteiger partial charge in [0.1, 0.15) is 6.10 Å². The second-order valence-corrected chi connectivity index (χ2v) is 5.10. The van der Waals surface area contributed by atoms with E-state index >= 15 is 0 Å². The van der Waals surface area contributed by atoms with Gasteiger partial charge in [0.25, 0.3) is 5.69 Å². The Hall–Kier alpha value is -1.86. The zero-order valence-electron chi connectivity index (χ0n) is 11.9. The molecule has 0 aliphatic heterocycles. The number of ether oxygens (including phenoxy) is 2. The molecule has 116 valence electrons. The Labute approximate surface area is 122 Å². The summed E-state index contributed by atoms with van der Waals surface area (Å²) in [6, 6.07) is 2.84. The van der Waals surface area contributed by atoms with Gasteiger partial charge >= 0.3 is 0 Å². The molecule has 0 aromatic heterocycles. The van der Waals surface area contributed by atoms with E-state index in [-0.39, 0.29) is 24.1 Å². The number of nitro groups is 1. The lowest BCUT2D eigenvalue weighted by Gasteiger charge is -2.28. The van der Waals surface area contributed by atoms with Crippen LogP contribution in [0.4, 0.5) is 5.69 Å². The fourth-order valence-corrected chi connectivity index (χ4v) is 2.55. The Morgan fingerprint density at radius 2 is 2.10 bits per heavy atom. The highest BCUT2D eigenvalue weighted by molar-refractivity contribution is 5.54. The van der Waals surface area contributed by atoms with Crippen LogP contribution in [0.3, 0.4) is 0 Å². The van der Waals surface area contributed by atoms with Crippen molar-refractivity contribution in [2.75, 3.05) is 7.11 Å². The highest BCUT2D eigenvalue weighted by atomic mass is 16.6. The molecule has 0 radical (unpaired) electrons. The number of aliphatic hydroxyl groups excluding tert-OH is 1. The number of nitro benzene ring substituents is 1. The summed E-state index contributed by atoms with van der Waals surface area (Å²) in [5.41, 5.74) is 5.81. The number of rotatable bonds is 5. The largest absolute Gasteiger partial charge is 0.493 e. The van der Waals surface area contributed by atoms with Crippen molar-refractivity contribution < 1.29 is 19.5 Å². The summed E-state index contributed by atoms with van der Waals surface area (Å²) in [5, 5.41) is 21.0. The van der Waals surface area contributed by atoms with Gasteiger partial charge in [-0.25, -0.2) is 0 Å². The normalized spacial score (nSPS) is 21.9. The van der Waals surface area contributed by atoms with Crippen LogP contribution in [0, 0.1) is 10.1 Å². The van der Waals surface area contributed by atoms with Gasteiger partial charge in [-0.05, 0) is 25.3 Å². The SMILES string of the molecule is COc1cc(CN)c([N+](=O)[O-])cc1OC1CCCCC1O. The smallest absolute Gasteiger partial charge is 0.277 e. The van der Waals surface area contributed by atoms with Crippen LogP contribution < -0.4 is 15.2 Å². The third-order valence-corrected chi connectivity index (χ3v) is 3.73. The summed E-state index contributed by atoms with van der Waals surface area (Å²) < 4.78 is 11.0. The highest BCUT2D eigenvalue weighted by Crippen LogP contribution is 2.36. The summed E-state index contributed by atoms with van der Waals surface area (Å²) >= 11 is 0. The van der Waals surface area contributed by atoms with Crippen molar-refractivity contribution in [2.45, 2.75) is 44.4 Å². The summed E-state index contributed by atoms with van der Waals surface area (Å²) in [6.45, 7) is 0.0407. The fraction of sp³-hybridized carbons (Fsp3) is 0.571. The summed E-state index contributed by atoms with van der Waals surface area (Å²) in [6.07, 6.45) is 2.40. The predicted molar refractivity (Wildman–Crippen MR) is 76.4 cm³/mol. The van der Waals surface area contributed by atoms with Gasteiger partial charge in [0.2, 0.25) is 0 Å². The number of nitrogens with zero attached hydrogens (tertiary/aromatic N) is 1. The van der Waals surface area contributed by atoms with Crippen molar-refractivity contribution in [3.8, 4) is 11.5 Å². The summed E-state index contributed by atoms with van der Waals surface area (Å²) in [4.78, 5) is 10.6. The molecule has 3 N–H and O–H groups in total. The fourth-order valence-electron chi connectivity index (χ4n) is 2.55. The molecule has 2 unspecified atom stereocenters. The number of benzene rings is 1. The minimum Gasteiger partial charge on any atom is -0.493 e. The monoisotopic (exact) mass is 296 g/mol. The molecule has 7 heteroatoms. The van der Waals surface area contributed by atoms with Gasteiger partial charge in [-0.1, -0.05) is 6.42 Å². The Morgan fingerprint density at radius 3 is 2.67 bits per heavy atom. The van der Waals surface area contributed by atoms with E-state index in [2.05, 4.69) is 0 Å². The first kappa shape index (κ1) is 15.5. The van der Waals surface area contributed by atoms with Crippen molar-refractivity contribution in [3.63, 3.8) is 0 Å². The Bertz CT molecular complexity index is 520. The third kappa shape index (κ3) is 3.43. The predicted octanol–water partition coefficient (Wildman–Crippen LogP) is 1.74. The zero-order chi connectivity index (χ0) is 15.4. The molecular formula is C14H20N2O5. The van der Waals surface area contributed by atoms with E-state index in [0.29, 0.717) is 17.7 Å². The molecule has 1 aromatic carbocycles. The van der Waals surface area contributed by atoms with Crippen LogP contribution in [0.2, 0.25) is 0 Å². The lowest BCUT2D eigenvalue weighted by atomic mass is 9.95. The number of methoxy groups -OCH3 is 1. The van der Waals surface area contributed by atoms with E-state index in [4.69, 9.17) is 15.2 Å². The van der Waals surface area contributed by atoms with E-state index in [0.717, 1.165) is 19.3 Å². The molecule has 0 heterocycles. The summed E-state index contributed by atoms with van der Waals surface area (Å²) in [7, 11) is 1.46. The van der Waals surface area contributed by atoms with Crippen molar-refractivity contribution in [1.29, 1.82) is 0 Å². The van der Waals surface area contributed by atoms with Gasteiger partial charge in [-0.3, -0.25) is 10.1 Å². The van der Waals surface area contributed by atoms with Crippen LogP contribution in [-0.4, -0.2) is 29.3 Å². The van der Waals surface area contributed by atoms with Crippen LogP contribution in [-0.2, 0) is 6.54 Å². The molecule has 1 fully saturated rings. The number of hydrogen-bond donors (Lipinski definition) is 2. The lowest BCUT2D eigenvalue weighted by molar-refractivity contribution is -0.385. The van der Waals surface area contributed by atoms with E-state index in [9.17, 15) is 15.2 Å². The van der Waals surface area contributed by atoms with Crippen molar-refractivity contribution in [2.24, 2.45) is 5.73 Å². The quantitative estimate of drug-likeness (QED) is 0.633. The molecule has 0 saturated heterocycles. The standard InChI is InChI=1S/C14H20N2O5/c1-20-13-6-9(8-15)10(16(18)19)7-14(13)21-12-5-3-2-4-11(12)17/h6-7,11-12,17H,2-5,8,15H2,1H3. The van der Waals surface area contributed by atoms with Crippen LogP contribution in [0.5, 0.6) is 11.5 Å². The maximum Gasteiger partial charge on any atom is 0.277 e. The first-order valence-corrected chi connectivity index (χ1v) is 6.97. The van der Waals surface area contributed by atoms with Gasteiger partial charge in [0, 0.05) is 12.1 Å². The molecular weight excluding hydrogens is 276 g/mol. The van der Waals surface area contributed by atoms with Gasteiger partial charge in [0.05, 0.1) is 24.2 Å². The molecule has 2 atom stereocenters. The molecule has 1 aliphatic rings. The first-order chi connectivity index (χ1) is 10.1.